The maximum atomic E-state index is 15.1. The van der Waals surface area contributed by atoms with Crippen molar-refractivity contribution in [2.24, 2.45) is 5.92 Å². The summed E-state index contributed by atoms with van der Waals surface area (Å²) in [5.41, 5.74) is 3.91. The van der Waals surface area contributed by atoms with Crippen LogP contribution in [0, 0.1) is 11.7 Å². The highest BCUT2D eigenvalue weighted by molar-refractivity contribution is 5.83. The minimum absolute atomic E-state index is 0.0435. The summed E-state index contributed by atoms with van der Waals surface area (Å²) in [4.78, 5) is 17.0. The van der Waals surface area contributed by atoms with Crippen molar-refractivity contribution in [3.63, 3.8) is 0 Å². The monoisotopic (exact) mass is 458 g/mol. The van der Waals surface area contributed by atoms with Gasteiger partial charge in [0.25, 0.3) is 0 Å². The molecule has 0 unspecified atom stereocenters. The Morgan fingerprint density at radius 1 is 0.912 bits per heavy atom. The molecular weight excluding hydrogens is 427 g/mol. The van der Waals surface area contributed by atoms with Gasteiger partial charge in [0.2, 0.25) is 0 Å². The normalized spacial score (nSPS) is 19.0. The highest BCUT2D eigenvalue weighted by Gasteiger charge is 2.28. The highest BCUT2D eigenvalue weighted by Crippen LogP contribution is 2.31. The van der Waals surface area contributed by atoms with Gasteiger partial charge in [0.15, 0.2) is 0 Å². The van der Waals surface area contributed by atoms with Gasteiger partial charge in [0.05, 0.1) is 18.3 Å². The lowest BCUT2D eigenvalue weighted by Gasteiger charge is -2.40. The van der Waals surface area contributed by atoms with Crippen LogP contribution in [0.25, 0.3) is 0 Å². The van der Waals surface area contributed by atoms with Crippen LogP contribution >= 0.6 is 0 Å². The van der Waals surface area contributed by atoms with Gasteiger partial charge in [-0.2, -0.15) is 0 Å². The molecule has 0 spiro atoms. The van der Waals surface area contributed by atoms with Crippen molar-refractivity contribution < 1.29 is 13.9 Å². The summed E-state index contributed by atoms with van der Waals surface area (Å²) in [6.07, 6.45) is 1.05. The van der Waals surface area contributed by atoms with E-state index in [0.29, 0.717) is 18.9 Å². The Hall–Kier alpha value is -3.02. The summed E-state index contributed by atoms with van der Waals surface area (Å²) in [5, 5.41) is 0. The number of hydrogen-bond acceptors (Lipinski definition) is 4. The minimum atomic E-state index is -0.246. The summed E-state index contributed by atoms with van der Waals surface area (Å²) in [7, 11) is 0. The van der Waals surface area contributed by atoms with Crippen LogP contribution in [0.1, 0.15) is 29.2 Å². The van der Waals surface area contributed by atoms with Crippen molar-refractivity contribution in [2.75, 3.05) is 44.3 Å². The van der Waals surface area contributed by atoms with E-state index in [4.69, 9.17) is 4.74 Å². The topological polar surface area (TPSA) is 32.8 Å². The van der Waals surface area contributed by atoms with E-state index in [0.717, 1.165) is 38.2 Å². The lowest BCUT2D eigenvalue weighted by atomic mass is 9.96. The molecule has 5 heteroatoms. The first kappa shape index (κ1) is 22.8. The van der Waals surface area contributed by atoms with Gasteiger partial charge in [0, 0.05) is 45.1 Å². The van der Waals surface area contributed by atoms with Crippen LogP contribution in [-0.2, 0) is 16.0 Å². The zero-order valence-corrected chi connectivity index (χ0v) is 19.4. The van der Waals surface area contributed by atoms with Crippen LogP contribution in [-0.4, -0.2) is 50.1 Å². The van der Waals surface area contributed by atoms with Crippen LogP contribution in [0.3, 0.4) is 0 Å². The SMILES string of the molecule is O=C(Cc1ccc(N2CCN(C(c3ccccc3)c3ccccc3)CC2)c(F)c1)[C@H]1CCOC1. The summed E-state index contributed by atoms with van der Waals surface area (Å²) in [6, 6.07) is 26.6. The number of hydrogen-bond donors (Lipinski definition) is 0. The van der Waals surface area contributed by atoms with E-state index in [1.165, 1.54) is 17.2 Å². The number of piperazine rings is 1. The first-order chi connectivity index (χ1) is 16.7. The average Bonchev–Trinajstić information content (AvgIpc) is 3.42. The molecule has 2 heterocycles. The standard InChI is InChI=1S/C29H31FN2O2/c30-26-19-22(20-28(33)25-13-18-34-21-25)11-12-27(26)31-14-16-32(17-15-31)29(23-7-3-1-4-8-23)24-9-5-2-6-10-24/h1-12,19,25,29H,13-18,20-21H2/t25-/m0/s1. The Kier molecular flexibility index (Phi) is 7.02. The molecule has 0 N–H and O–H groups in total. The molecule has 0 bridgehead atoms. The first-order valence-corrected chi connectivity index (χ1v) is 12.2. The molecular formula is C29H31FN2O2. The summed E-state index contributed by atoms with van der Waals surface area (Å²) >= 11 is 0. The van der Waals surface area contributed by atoms with E-state index in [9.17, 15) is 4.79 Å². The Labute approximate surface area is 201 Å². The number of carbonyl (C=O) groups is 1. The molecule has 0 saturated carbocycles. The van der Waals surface area contributed by atoms with Crippen LogP contribution in [0.4, 0.5) is 10.1 Å². The number of halogens is 1. The second kappa shape index (κ2) is 10.5. The van der Waals surface area contributed by atoms with Crippen molar-refractivity contribution in [1.29, 1.82) is 0 Å². The largest absolute Gasteiger partial charge is 0.381 e. The first-order valence-electron chi connectivity index (χ1n) is 12.2. The van der Waals surface area contributed by atoms with Crippen LogP contribution in [0.5, 0.6) is 0 Å². The lowest BCUT2D eigenvalue weighted by Crippen LogP contribution is -2.48. The predicted molar refractivity (Wildman–Crippen MR) is 133 cm³/mol. The molecule has 0 aromatic heterocycles. The number of anilines is 1. The molecule has 34 heavy (non-hydrogen) atoms. The van der Waals surface area contributed by atoms with E-state index < -0.39 is 0 Å². The smallest absolute Gasteiger partial charge is 0.146 e. The Morgan fingerprint density at radius 3 is 2.12 bits per heavy atom. The quantitative estimate of drug-likeness (QED) is 0.505. The summed E-state index contributed by atoms with van der Waals surface area (Å²) in [6.45, 7) is 4.34. The number of ketones is 1. The average molecular weight is 459 g/mol. The number of benzene rings is 3. The van der Waals surface area contributed by atoms with E-state index >= 15 is 4.39 Å². The van der Waals surface area contributed by atoms with Gasteiger partial charge in [-0.15, -0.1) is 0 Å². The van der Waals surface area contributed by atoms with E-state index in [-0.39, 0.29) is 30.0 Å². The third-order valence-electron chi connectivity index (χ3n) is 7.03. The van der Waals surface area contributed by atoms with E-state index in [1.54, 1.807) is 0 Å². The number of Topliss-reactive ketones (excluding diaryl/α,β-unsaturated/α-hetero) is 1. The fourth-order valence-electron chi connectivity index (χ4n) is 5.16. The minimum Gasteiger partial charge on any atom is -0.381 e. The molecule has 5 rings (SSSR count). The molecule has 176 valence electrons. The zero-order chi connectivity index (χ0) is 23.3. The predicted octanol–water partition coefficient (Wildman–Crippen LogP) is 4.89. The number of ether oxygens (including phenoxy) is 1. The third kappa shape index (κ3) is 5.06. The fraction of sp³-hybridized carbons (Fsp3) is 0.345. The number of carbonyl (C=O) groups excluding carboxylic acids is 1. The Bertz CT molecular complexity index is 1050. The fourth-order valence-corrected chi connectivity index (χ4v) is 5.16. The van der Waals surface area contributed by atoms with Crippen LogP contribution in [0.15, 0.2) is 78.9 Å². The molecule has 1 atom stereocenters. The van der Waals surface area contributed by atoms with Gasteiger partial charge in [-0.05, 0) is 35.2 Å². The van der Waals surface area contributed by atoms with Gasteiger partial charge in [0.1, 0.15) is 11.6 Å². The highest BCUT2D eigenvalue weighted by atomic mass is 19.1. The second-order valence-corrected chi connectivity index (χ2v) is 9.24. The van der Waals surface area contributed by atoms with E-state index in [1.807, 2.05) is 24.3 Å². The van der Waals surface area contributed by atoms with Crippen LogP contribution < -0.4 is 4.90 Å². The lowest BCUT2D eigenvalue weighted by molar-refractivity contribution is -0.122. The molecule has 0 radical (unpaired) electrons. The molecule has 2 saturated heterocycles. The van der Waals surface area contributed by atoms with Crippen molar-refractivity contribution >= 4 is 11.5 Å². The van der Waals surface area contributed by atoms with Crippen molar-refractivity contribution in [2.45, 2.75) is 18.9 Å². The Balaban J connectivity index is 1.26. The molecule has 3 aromatic carbocycles. The maximum absolute atomic E-state index is 15.1. The van der Waals surface area contributed by atoms with Crippen LogP contribution in [0.2, 0.25) is 0 Å². The summed E-state index contributed by atoms with van der Waals surface area (Å²) in [5.74, 6) is -0.145. The van der Waals surface area contributed by atoms with Crippen molar-refractivity contribution in [3.05, 3.63) is 101 Å². The van der Waals surface area contributed by atoms with E-state index in [2.05, 4.69) is 58.3 Å². The zero-order valence-electron chi connectivity index (χ0n) is 19.4. The number of nitrogens with zero attached hydrogens (tertiary/aromatic N) is 2. The molecule has 2 fully saturated rings. The number of rotatable bonds is 7. The van der Waals surface area contributed by atoms with Gasteiger partial charge in [-0.3, -0.25) is 9.69 Å². The second-order valence-electron chi connectivity index (χ2n) is 9.24. The van der Waals surface area contributed by atoms with Crippen molar-refractivity contribution in [1.82, 2.24) is 4.90 Å². The Morgan fingerprint density at radius 2 is 1.56 bits per heavy atom. The van der Waals surface area contributed by atoms with Crippen molar-refractivity contribution in [3.8, 4) is 0 Å². The molecule has 0 amide bonds. The van der Waals surface area contributed by atoms with Gasteiger partial charge >= 0.3 is 0 Å². The maximum Gasteiger partial charge on any atom is 0.146 e. The molecule has 2 aliphatic heterocycles. The van der Waals surface area contributed by atoms with Gasteiger partial charge in [-0.1, -0.05) is 66.7 Å². The third-order valence-corrected chi connectivity index (χ3v) is 7.03. The molecule has 4 nitrogen and oxygen atoms in total. The molecule has 0 aliphatic carbocycles. The van der Waals surface area contributed by atoms with Gasteiger partial charge < -0.3 is 9.64 Å². The van der Waals surface area contributed by atoms with Gasteiger partial charge in [-0.25, -0.2) is 4.39 Å². The molecule has 3 aromatic rings. The molecule has 2 aliphatic rings. The summed E-state index contributed by atoms with van der Waals surface area (Å²) < 4.78 is 20.4.